The molecule has 0 aliphatic carbocycles. The van der Waals surface area contributed by atoms with E-state index in [1.165, 1.54) is 13.3 Å². The lowest BCUT2D eigenvalue weighted by molar-refractivity contribution is 0.171. The van der Waals surface area contributed by atoms with Crippen molar-refractivity contribution in [3.05, 3.63) is 24.0 Å². The van der Waals surface area contributed by atoms with Crippen molar-refractivity contribution in [1.29, 1.82) is 0 Å². The molecule has 5 nitrogen and oxygen atoms in total. The molecule has 0 aliphatic heterocycles. The molecule has 0 bridgehead atoms. The molecule has 0 aliphatic rings. The van der Waals surface area contributed by atoms with Crippen molar-refractivity contribution >= 4 is 12.3 Å². The fourth-order valence-corrected chi connectivity index (χ4v) is 0.625. The molecule has 1 aromatic heterocycles. The number of rotatable bonds is 2. The molecule has 1 amide bonds. The number of carbonyl (C=O) groups excluding carboxylic acids is 1. The Balaban J connectivity index is 2.37. The largest absolute Gasteiger partial charge is 0.452 e. The SMILES string of the molecule is COC(=O)N/N=C\c1ccc[nH]1. The Hall–Kier alpha value is -1.78. The topological polar surface area (TPSA) is 66.5 Å². The van der Waals surface area contributed by atoms with Gasteiger partial charge in [-0.2, -0.15) is 5.10 Å². The normalized spacial score (nSPS) is 10.1. The Labute approximate surface area is 69.4 Å². The van der Waals surface area contributed by atoms with Gasteiger partial charge in [-0.3, -0.25) is 0 Å². The number of aromatic nitrogens is 1. The van der Waals surface area contributed by atoms with Crippen LogP contribution in [0.4, 0.5) is 4.79 Å². The van der Waals surface area contributed by atoms with E-state index in [0.29, 0.717) is 0 Å². The zero-order chi connectivity index (χ0) is 8.81. The third-order valence-electron chi connectivity index (χ3n) is 1.17. The molecule has 1 rings (SSSR count). The van der Waals surface area contributed by atoms with Crippen molar-refractivity contribution in [3.8, 4) is 0 Å². The fourth-order valence-electron chi connectivity index (χ4n) is 0.625. The number of H-pyrrole nitrogens is 1. The smallest absolute Gasteiger partial charge is 0.427 e. The first-order valence-corrected chi connectivity index (χ1v) is 3.33. The van der Waals surface area contributed by atoms with Gasteiger partial charge in [0.1, 0.15) is 0 Å². The molecule has 5 heteroatoms. The maximum Gasteiger partial charge on any atom is 0.427 e. The van der Waals surface area contributed by atoms with Crippen LogP contribution >= 0.6 is 0 Å². The van der Waals surface area contributed by atoms with E-state index in [2.05, 4.69) is 20.2 Å². The van der Waals surface area contributed by atoms with E-state index < -0.39 is 6.09 Å². The lowest BCUT2D eigenvalue weighted by atomic mass is 10.5. The standard InChI is InChI=1S/C7H9N3O2/c1-12-7(11)10-9-5-6-3-2-4-8-6/h2-5,8H,1H3,(H,10,11)/b9-5-. The molecular formula is C7H9N3O2. The minimum absolute atomic E-state index is 0.585. The molecule has 1 heterocycles. The summed E-state index contributed by atoms with van der Waals surface area (Å²) in [6.45, 7) is 0. The number of hydrogen-bond acceptors (Lipinski definition) is 3. The van der Waals surface area contributed by atoms with Crippen LogP contribution in [-0.2, 0) is 4.74 Å². The molecule has 1 aromatic rings. The highest BCUT2D eigenvalue weighted by molar-refractivity contribution is 5.78. The van der Waals surface area contributed by atoms with E-state index in [-0.39, 0.29) is 0 Å². The van der Waals surface area contributed by atoms with Crippen molar-refractivity contribution in [2.24, 2.45) is 5.10 Å². The fraction of sp³-hybridized carbons (Fsp3) is 0.143. The Morgan fingerprint density at radius 2 is 2.67 bits per heavy atom. The highest BCUT2D eigenvalue weighted by Gasteiger charge is 1.92. The van der Waals surface area contributed by atoms with Crippen LogP contribution in [0.1, 0.15) is 5.69 Å². The number of carbonyl (C=O) groups is 1. The molecule has 0 saturated heterocycles. The zero-order valence-electron chi connectivity index (χ0n) is 6.57. The van der Waals surface area contributed by atoms with E-state index >= 15 is 0 Å². The number of amides is 1. The molecule has 0 radical (unpaired) electrons. The first kappa shape index (κ1) is 8.32. The number of hydrogen-bond donors (Lipinski definition) is 2. The van der Waals surface area contributed by atoms with Gasteiger partial charge in [0.15, 0.2) is 0 Å². The Kier molecular flexibility index (Phi) is 2.89. The van der Waals surface area contributed by atoms with E-state index in [1.54, 1.807) is 6.20 Å². The van der Waals surface area contributed by atoms with Crippen LogP contribution in [0.25, 0.3) is 0 Å². The number of aromatic amines is 1. The van der Waals surface area contributed by atoms with Gasteiger partial charge in [-0.25, -0.2) is 10.2 Å². The molecule has 0 unspecified atom stereocenters. The minimum Gasteiger partial charge on any atom is -0.452 e. The van der Waals surface area contributed by atoms with Gasteiger partial charge in [0, 0.05) is 6.20 Å². The summed E-state index contributed by atoms with van der Waals surface area (Å²) in [5, 5.41) is 3.60. The van der Waals surface area contributed by atoms with Crippen LogP contribution < -0.4 is 5.43 Å². The molecular weight excluding hydrogens is 158 g/mol. The second-order valence-corrected chi connectivity index (χ2v) is 1.99. The lowest BCUT2D eigenvalue weighted by Gasteiger charge is -1.93. The average Bonchev–Trinajstić information content (AvgIpc) is 2.57. The number of ether oxygens (including phenoxy) is 1. The Morgan fingerprint density at radius 3 is 3.25 bits per heavy atom. The van der Waals surface area contributed by atoms with Gasteiger partial charge in [-0.05, 0) is 12.1 Å². The molecule has 0 fully saturated rings. The predicted molar refractivity (Wildman–Crippen MR) is 43.9 cm³/mol. The van der Waals surface area contributed by atoms with Gasteiger partial charge in [-0.15, -0.1) is 0 Å². The van der Waals surface area contributed by atoms with Gasteiger partial charge in [0.05, 0.1) is 19.0 Å². The molecule has 0 aromatic carbocycles. The quantitative estimate of drug-likeness (QED) is 0.503. The van der Waals surface area contributed by atoms with E-state index in [1.807, 2.05) is 12.1 Å². The predicted octanol–water partition coefficient (Wildman–Crippen LogP) is 0.705. The van der Waals surface area contributed by atoms with Crippen molar-refractivity contribution in [2.75, 3.05) is 7.11 Å². The molecule has 0 atom stereocenters. The van der Waals surface area contributed by atoms with E-state index in [9.17, 15) is 4.79 Å². The second kappa shape index (κ2) is 4.17. The Bertz CT molecular complexity index is 266. The highest BCUT2D eigenvalue weighted by Crippen LogP contribution is 1.87. The highest BCUT2D eigenvalue weighted by atomic mass is 16.5. The number of methoxy groups -OCH3 is 1. The van der Waals surface area contributed by atoms with Crippen molar-refractivity contribution in [1.82, 2.24) is 10.4 Å². The molecule has 0 spiro atoms. The average molecular weight is 167 g/mol. The van der Waals surface area contributed by atoms with Crippen molar-refractivity contribution in [3.63, 3.8) is 0 Å². The summed E-state index contributed by atoms with van der Waals surface area (Å²) in [6, 6.07) is 3.65. The third-order valence-corrected chi connectivity index (χ3v) is 1.17. The van der Waals surface area contributed by atoms with E-state index in [0.717, 1.165) is 5.69 Å². The summed E-state index contributed by atoms with van der Waals surface area (Å²) in [6.07, 6.45) is 2.66. The maximum absolute atomic E-state index is 10.5. The van der Waals surface area contributed by atoms with Crippen LogP contribution in [0.5, 0.6) is 0 Å². The first-order valence-electron chi connectivity index (χ1n) is 3.33. The van der Waals surface area contributed by atoms with Gasteiger partial charge < -0.3 is 9.72 Å². The summed E-state index contributed by atoms with van der Waals surface area (Å²) < 4.78 is 4.30. The lowest BCUT2D eigenvalue weighted by Crippen LogP contribution is -2.16. The van der Waals surface area contributed by atoms with Gasteiger partial charge in [0.25, 0.3) is 0 Å². The zero-order valence-corrected chi connectivity index (χ0v) is 6.57. The summed E-state index contributed by atoms with van der Waals surface area (Å²) >= 11 is 0. The third kappa shape index (κ3) is 2.45. The number of hydrazone groups is 1. The number of nitrogens with one attached hydrogen (secondary N) is 2. The van der Waals surface area contributed by atoms with Crippen LogP contribution in [0, 0.1) is 0 Å². The van der Waals surface area contributed by atoms with Crippen LogP contribution in [0.15, 0.2) is 23.4 Å². The van der Waals surface area contributed by atoms with Crippen LogP contribution in [0.2, 0.25) is 0 Å². The van der Waals surface area contributed by atoms with Gasteiger partial charge >= 0.3 is 6.09 Å². The maximum atomic E-state index is 10.5. The second-order valence-electron chi connectivity index (χ2n) is 1.99. The van der Waals surface area contributed by atoms with Gasteiger partial charge in [-0.1, -0.05) is 0 Å². The van der Waals surface area contributed by atoms with Crippen LogP contribution in [0.3, 0.4) is 0 Å². The summed E-state index contributed by atoms with van der Waals surface area (Å²) in [7, 11) is 1.28. The Morgan fingerprint density at radius 1 is 1.83 bits per heavy atom. The molecule has 64 valence electrons. The molecule has 12 heavy (non-hydrogen) atoms. The van der Waals surface area contributed by atoms with Crippen molar-refractivity contribution in [2.45, 2.75) is 0 Å². The van der Waals surface area contributed by atoms with E-state index in [4.69, 9.17) is 0 Å². The van der Waals surface area contributed by atoms with Crippen molar-refractivity contribution < 1.29 is 9.53 Å². The van der Waals surface area contributed by atoms with Gasteiger partial charge in [0.2, 0.25) is 0 Å². The monoisotopic (exact) mass is 167 g/mol. The summed E-state index contributed by atoms with van der Waals surface area (Å²) in [5.74, 6) is 0. The first-order chi connectivity index (χ1) is 5.83. The summed E-state index contributed by atoms with van der Waals surface area (Å²) in [4.78, 5) is 13.4. The molecule has 0 saturated carbocycles. The van der Waals surface area contributed by atoms with Crippen LogP contribution in [-0.4, -0.2) is 24.4 Å². The summed E-state index contributed by atoms with van der Waals surface area (Å²) in [5.41, 5.74) is 2.97. The number of nitrogens with zero attached hydrogens (tertiary/aromatic N) is 1. The minimum atomic E-state index is -0.585. The molecule has 2 N–H and O–H groups in total.